The van der Waals surface area contributed by atoms with Crippen LogP contribution in [0.25, 0.3) is 0 Å². The van der Waals surface area contributed by atoms with E-state index in [1.54, 1.807) is 0 Å². The summed E-state index contributed by atoms with van der Waals surface area (Å²) in [7, 11) is 0. The molecular formula is C14H24N2O4. The lowest BCUT2D eigenvalue weighted by Gasteiger charge is -2.44. The van der Waals surface area contributed by atoms with Crippen LogP contribution in [0.15, 0.2) is 0 Å². The zero-order valence-corrected chi connectivity index (χ0v) is 12.2. The Labute approximate surface area is 119 Å². The van der Waals surface area contributed by atoms with Gasteiger partial charge in [-0.25, -0.2) is 0 Å². The van der Waals surface area contributed by atoms with Gasteiger partial charge in [0.2, 0.25) is 11.8 Å². The van der Waals surface area contributed by atoms with E-state index >= 15 is 0 Å². The quantitative estimate of drug-likeness (QED) is 0.660. The van der Waals surface area contributed by atoms with Crippen LogP contribution in [0.5, 0.6) is 0 Å². The molecule has 6 nitrogen and oxygen atoms in total. The minimum Gasteiger partial charge on any atom is -0.388 e. The largest absolute Gasteiger partial charge is 0.388 e. The molecule has 0 aromatic heterocycles. The fourth-order valence-electron chi connectivity index (χ4n) is 2.80. The minimum atomic E-state index is -0.843. The Kier molecular flexibility index (Phi) is 4.34. The van der Waals surface area contributed by atoms with Gasteiger partial charge in [0.25, 0.3) is 0 Å². The number of ether oxygens (including phenoxy) is 1. The number of carbonyl (C=O) groups is 2. The van der Waals surface area contributed by atoms with E-state index in [0.717, 1.165) is 0 Å². The molecule has 114 valence electrons. The Bertz CT molecular complexity index is 381. The molecule has 2 rings (SSSR count). The van der Waals surface area contributed by atoms with Gasteiger partial charge >= 0.3 is 0 Å². The van der Waals surface area contributed by atoms with Gasteiger partial charge in [-0.15, -0.1) is 0 Å². The first-order valence-electron chi connectivity index (χ1n) is 7.26. The molecule has 0 aromatic carbocycles. The number of aliphatic hydroxyl groups is 1. The van der Waals surface area contributed by atoms with Crippen LogP contribution in [-0.4, -0.2) is 48.3 Å². The van der Waals surface area contributed by atoms with Gasteiger partial charge in [0.15, 0.2) is 0 Å². The molecule has 2 aliphatic rings. The molecule has 1 heterocycles. The third-order valence-corrected chi connectivity index (χ3v) is 4.32. The molecule has 1 saturated carbocycles. The first kappa shape index (κ1) is 15.3. The molecule has 0 radical (unpaired) electrons. The van der Waals surface area contributed by atoms with Crippen LogP contribution in [0.3, 0.4) is 0 Å². The summed E-state index contributed by atoms with van der Waals surface area (Å²) in [5.41, 5.74) is -1.42. The average Bonchev–Trinajstić information content (AvgIpc) is 2.38. The van der Waals surface area contributed by atoms with Gasteiger partial charge in [-0.2, -0.15) is 0 Å². The standard InChI is InChI=1S/C14H24N2O4/c1-3-20-10-6-14(19,7-10)9-16-12(18)13(2)5-4-11(17)15-8-13/h10,19H,3-9H2,1-2H3,(H,15,17)(H,16,18). The van der Waals surface area contributed by atoms with E-state index in [9.17, 15) is 14.7 Å². The third kappa shape index (κ3) is 3.30. The van der Waals surface area contributed by atoms with E-state index in [-0.39, 0.29) is 24.5 Å². The predicted molar refractivity (Wildman–Crippen MR) is 73.0 cm³/mol. The van der Waals surface area contributed by atoms with Gasteiger partial charge in [0.1, 0.15) is 0 Å². The molecule has 0 spiro atoms. The summed E-state index contributed by atoms with van der Waals surface area (Å²) in [6, 6.07) is 0. The highest BCUT2D eigenvalue weighted by atomic mass is 16.5. The SMILES string of the molecule is CCOC1CC(O)(CNC(=O)C2(C)CCC(=O)NC2)C1. The van der Waals surface area contributed by atoms with Gasteiger partial charge in [-0.1, -0.05) is 0 Å². The van der Waals surface area contributed by atoms with Crippen molar-refractivity contribution in [2.75, 3.05) is 19.7 Å². The minimum absolute atomic E-state index is 0.00699. The van der Waals surface area contributed by atoms with E-state index in [4.69, 9.17) is 4.74 Å². The maximum absolute atomic E-state index is 12.2. The molecule has 1 aliphatic carbocycles. The van der Waals surface area contributed by atoms with Crippen LogP contribution in [-0.2, 0) is 14.3 Å². The Balaban J connectivity index is 1.77. The number of nitrogens with one attached hydrogen (secondary N) is 2. The second-order valence-corrected chi connectivity index (χ2v) is 6.23. The highest BCUT2D eigenvalue weighted by Gasteiger charge is 2.44. The molecule has 6 heteroatoms. The van der Waals surface area contributed by atoms with Crippen molar-refractivity contribution >= 4 is 11.8 Å². The van der Waals surface area contributed by atoms with Crippen molar-refractivity contribution in [1.82, 2.24) is 10.6 Å². The first-order chi connectivity index (χ1) is 9.37. The van der Waals surface area contributed by atoms with Crippen LogP contribution < -0.4 is 10.6 Å². The molecule has 0 aromatic rings. The summed E-state index contributed by atoms with van der Waals surface area (Å²) < 4.78 is 5.41. The van der Waals surface area contributed by atoms with E-state index in [2.05, 4.69) is 10.6 Å². The van der Waals surface area contributed by atoms with Gasteiger partial charge in [0.05, 0.1) is 17.1 Å². The molecular weight excluding hydrogens is 260 g/mol. The summed E-state index contributed by atoms with van der Waals surface area (Å²) in [5.74, 6) is -0.113. The molecule has 20 heavy (non-hydrogen) atoms. The van der Waals surface area contributed by atoms with Crippen LogP contribution >= 0.6 is 0 Å². The number of hydrogen-bond donors (Lipinski definition) is 3. The van der Waals surface area contributed by atoms with Crippen LogP contribution in [0.1, 0.15) is 39.5 Å². The smallest absolute Gasteiger partial charge is 0.227 e. The fourth-order valence-corrected chi connectivity index (χ4v) is 2.80. The monoisotopic (exact) mass is 284 g/mol. The van der Waals surface area contributed by atoms with Crippen molar-refractivity contribution in [2.24, 2.45) is 5.41 Å². The van der Waals surface area contributed by atoms with Gasteiger partial charge in [-0.05, 0) is 20.3 Å². The Morgan fingerprint density at radius 2 is 2.25 bits per heavy atom. The maximum atomic E-state index is 12.2. The van der Waals surface area contributed by atoms with E-state index in [1.165, 1.54) is 0 Å². The highest BCUT2D eigenvalue weighted by molar-refractivity contribution is 5.86. The zero-order valence-electron chi connectivity index (χ0n) is 12.2. The molecule has 1 saturated heterocycles. The van der Waals surface area contributed by atoms with Crippen molar-refractivity contribution in [3.8, 4) is 0 Å². The van der Waals surface area contributed by atoms with E-state index < -0.39 is 11.0 Å². The van der Waals surface area contributed by atoms with Crippen molar-refractivity contribution in [1.29, 1.82) is 0 Å². The van der Waals surface area contributed by atoms with E-state index in [0.29, 0.717) is 38.8 Å². The van der Waals surface area contributed by atoms with Crippen LogP contribution in [0, 0.1) is 5.41 Å². The lowest BCUT2D eigenvalue weighted by atomic mass is 9.76. The maximum Gasteiger partial charge on any atom is 0.227 e. The van der Waals surface area contributed by atoms with Gasteiger partial charge in [-0.3, -0.25) is 9.59 Å². The van der Waals surface area contributed by atoms with Crippen molar-refractivity contribution in [2.45, 2.75) is 51.2 Å². The molecule has 3 N–H and O–H groups in total. The summed E-state index contributed by atoms with van der Waals surface area (Å²) in [4.78, 5) is 23.4. The number of amides is 2. The average molecular weight is 284 g/mol. The second-order valence-electron chi connectivity index (χ2n) is 6.23. The number of hydrogen-bond acceptors (Lipinski definition) is 4. The molecule has 1 aliphatic heterocycles. The third-order valence-electron chi connectivity index (χ3n) is 4.32. The predicted octanol–water partition coefficient (Wildman–Crippen LogP) is -0.0511. The first-order valence-corrected chi connectivity index (χ1v) is 7.26. The van der Waals surface area contributed by atoms with Gasteiger partial charge in [0, 0.05) is 39.0 Å². The molecule has 1 unspecified atom stereocenters. The summed E-state index contributed by atoms with van der Waals surface area (Å²) >= 11 is 0. The second kappa shape index (κ2) is 5.69. The molecule has 1 atom stereocenters. The van der Waals surface area contributed by atoms with E-state index in [1.807, 2.05) is 13.8 Å². The Morgan fingerprint density at radius 3 is 2.80 bits per heavy atom. The highest BCUT2D eigenvalue weighted by Crippen LogP contribution is 2.34. The lowest BCUT2D eigenvalue weighted by Crippen LogP contribution is -2.58. The van der Waals surface area contributed by atoms with Crippen LogP contribution in [0.4, 0.5) is 0 Å². The topological polar surface area (TPSA) is 87.7 Å². The van der Waals surface area contributed by atoms with Crippen molar-refractivity contribution in [3.05, 3.63) is 0 Å². The normalized spacial score (nSPS) is 37.0. The summed E-state index contributed by atoms with van der Waals surface area (Å²) in [6.07, 6.45) is 2.15. The fraction of sp³-hybridized carbons (Fsp3) is 0.857. The Hall–Kier alpha value is -1.14. The van der Waals surface area contributed by atoms with Gasteiger partial charge < -0.3 is 20.5 Å². The van der Waals surface area contributed by atoms with Crippen molar-refractivity contribution in [3.63, 3.8) is 0 Å². The number of rotatable bonds is 5. The zero-order chi connectivity index (χ0) is 14.8. The molecule has 2 amide bonds. The number of carbonyl (C=O) groups excluding carboxylic acids is 2. The summed E-state index contributed by atoms with van der Waals surface area (Å²) in [6.45, 7) is 5.02. The Morgan fingerprint density at radius 1 is 1.55 bits per heavy atom. The van der Waals surface area contributed by atoms with Crippen LogP contribution in [0.2, 0.25) is 0 Å². The lowest BCUT2D eigenvalue weighted by molar-refractivity contribution is -0.146. The number of piperidine rings is 1. The molecule has 2 fully saturated rings. The summed E-state index contributed by atoms with van der Waals surface area (Å²) in [5, 5.41) is 15.8. The molecule has 0 bridgehead atoms. The van der Waals surface area contributed by atoms with Crippen molar-refractivity contribution < 1.29 is 19.4 Å².